The molecule has 22 heavy (non-hydrogen) atoms. The molecule has 1 aromatic carbocycles. The number of ether oxygens (including phenoxy) is 2. The number of hydrogen-bond acceptors (Lipinski definition) is 2. The van der Waals surface area contributed by atoms with Gasteiger partial charge in [0.1, 0.15) is 0 Å². The van der Waals surface area contributed by atoms with Crippen molar-refractivity contribution < 1.29 is 9.47 Å². The molecule has 0 spiro atoms. The van der Waals surface area contributed by atoms with Gasteiger partial charge in [-0.2, -0.15) is 0 Å². The maximum atomic E-state index is 5.97. The van der Waals surface area contributed by atoms with Crippen LogP contribution in [0.2, 0.25) is 0 Å². The van der Waals surface area contributed by atoms with Crippen LogP contribution in [0.15, 0.2) is 18.2 Å². The second-order valence-electron chi connectivity index (χ2n) is 6.65. The summed E-state index contributed by atoms with van der Waals surface area (Å²) in [5, 5.41) is 0. The van der Waals surface area contributed by atoms with E-state index in [1.54, 1.807) is 0 Å². The summed E-state index contributed by atoms with van der Waals surface area (Å²) in [6.07, 6.45) is 0.867. The average Bonchev–Trinajstić information content (AvgIpc) is 2.48. The molecule has 0 saturated heterocycles. The second-order valence-corrected chi connectivity index (χ2v) is 6.65. The first kappa shape index (κ1) is 18.4. The van der Waals surface area contributed by atoms with Crippen molar-refractivity contribution in [1.82, 2.24) is 0 Å². The third-order valence-corrected chi connectivity index (χ3v) is 3.27. The zero-order chi connectivity index (χ0) is 16.5. The van der Waals surface area contributed by atoms with Gasteiger partial charge in [-0.25, -0.2) is 0 Å². The zero-order valence-corrected chi connectivity index (χ0v) is 14.9. The quantitative estimate of drug-likeness (QED) is 0.609. The molecule has 0 N–H and O–H groups in total. The van der Waals surface area contributed by atoms with E-state index in [0.29, 0.717) is 31.0 Å². The Morgan fingerprint density at radius 1 is 0.909 bits per heavy atom. The first-order chi connectivity index (χ1) is 10.4. The van der Waals surface area contributed by atoms with Crippen LogP contribution in [0.4, 0.5) is 0 Å². The molecule has 0 fully saturated rings. The Bertz CT molecular complexity index is 506. The van der Waals surface area contributed by atoms with Crippen molar-refractivity contribution in [2.45, 2.75) is 53.9 Å². The van der Waals surface area contributed by atoms with Crippen LogP contribution >= 0.6 is 0 Å². The summed E-state index contributed by atoms with van der Waals surface area (Å²) >= 11 is 0. The summed E-state index contributed by atoms with van der Waals surface area (Å²) in [6.45, 7) is 14.1. The third kappa shape index (κ3) is 6.43. The van der Waals surface area contributed by atoms with E-state index in [1.165, 1.54) is 5.56 Å². The molecule has 0 bridgehead atoms. The fraction of sp³-hybridized carbons (Fsp3) is 0.600. The van der Waals surface area contributed by atoms with Crippen LogP contribution in [0.5, 0.6) is 11.5 Å². The lowest BCUT2D eigenvalue weighted by Crippen LogP contribution is -2.09. The predicted molar refractivity (Wildman–Crippen MR) is 93.6 cm³/mol. The van der Waals surface area contributed by atoms with Gasteiger partial charge in [0.2, 0.25) is 0 Å². The fourth-order valence-electron chi connectivity index (χ4n) is 1.95. The van der Waals surface area contributed by atoms with Crippen molar-refractivity contribution in [2.75, 3.05) is 13.2 Å². The Morgan fingerprint density at radius 2 is 1.50 bits per heavy atom. The molecule has 1 aromatic rings. The van der Waals surface area contributed by atoms with E-state index in [2.05, 4.69) is 58.6 Å². The molecule has 0 aliphatic heterocycles. The van der Waals surface area contributed by atoms with Gasteiger partial charge in [0.05, 0.1) is 13.2 Å². The normalized spacial score (nSPS) is 12.0. The highest BCUT2D eigenvalue weighted by molar-refractivity contribution is 5.44. The molecular formula is C20H30O2. The topological polar surface area (TPSA) is 18.5 Å². The number of rotatable bonds is 8. The summed E-state index contributed by atoms with van der Waals surface area (Å²) in [5.41, 5.74) is 1.25. The molecule has 1 unspecified atom stereocenters. The standard InChI is InChI=1S/C20H30O2/c1-7-8-9-17(6)18-10-11-19(21-13-15(2)3)20(12-18)22-14-16(4)5/h10-12,15-17H,9,13-14H2,1-6H3. The summed E-state index contributed by atoms with van der Waals surface area (Å²) in [5.74, 6) is 9.18. The Hall–Kier alpha value is -1.62. The lowest BCUT2D eigenvalue weighted by molar-refractivity contribution is 0.229. The van der Waals surface area contributed by atoms with Crippen molar-refractivity contribution in [3.63, 3.8) is 0 Å². The van der Waals surface area contributed by atoms with E-state index >= 15 is 0 Å². The smallest absolute Gasteiger partial charge is 0.161 e. The van der Waals surface area contributed by atoms with E-state index in [-0.39, 0.29) is 0 Å². The Kier molecular flexibility index (Phi) is 7.88. The molecular weight excluding hydrogens is 272 g/mol. The van der Waals surface area contributed by atoms with Crippen LogP contribution < -0.4 is 9.47 Å². The summed E-state index contributed by atoms with van der Waals surface area (Å²) in [6, 6.07) is 6.27. The predicted octanol–water partition coefficient (Wildman–Crippen LogP) is 5.27. The minimum Gasteiger partial charge on any atom is -0.489 e. The van der Waals surface area contributed by atoms with Crippen molar-refractivity contribution in [3.05, 3.63) is 23.8 Å². The van der Waals surface area contributed by atoms with Crippen molar-refractivity contribution in [3.8, 4) is 23.3 Å². The fourth-order valence-corrected chi connectivity index (χ4v) is 1.95. The lowest BCUT2D eigenvalue weighted by Gasteiger charge is -2.18. The molecule has 122 valence electrons. The molecule has 0 amide bonds. The minimum atomic E-state index is 0.396. The van der Waals surface area contributed by atoms with E-state index in [0.717, 1.165) is 17.9 Å². The van der Waals surface area contributed by atoms with E-state index in [4.69, 9.17) is 9.47 Å². The van der Waals surface area contributed by atoms with Crippen LogP contribution in [0.25, 0.3) is 0 Å². The Labute approximate surface area is 136 Å². The summed E-state index contributed by atoms with van der Waals surface area (Å²) in [4.78, 5) is 0. The van der Waals surface area contributed by atoms with Crippen LogP contribution in [-0.2, 0) is 0 Å². The molecule has 0 radical (unpaired) electrons. The number of hydrogen-bond donors (Lipinski definition) is 0. The maximum absolute atomic E-state index is 5.97. The Morgan fingerprint density at radius 3 is 2.05 bits per heavy atom. The maximum Gasteiger partial charge on any atom is 0.161 e. The van der Waals surface area contributed by atoms with E-state index in [9.17, 15) is 0 Å². The summed E-state index contributed by atoms with van der Waals surface area (Å²) < 4.78 is 11.9. The van der Waals surface area contributed by atoms with Gasteiger partial charge < -0.3 is 9.47 Å². The molecule has 1 rings (SSSR count). The largest absolute Gasteiger partial charge is 0.489 e. The van der Waals surface area contributed by atoms with E-state index in [1.807, 2.05) is 13.0 Å². The minimum absolute atomic E-state index is 0.396. The molecule has 2 nitrogen and oxygen atoms in total. The molecule has 0 saturated carbocycles. The molecule has 2 heteroatoms. The monoisotopic (exact) mass is 302 g/mol. The van der Waals surface area contributed by atoms with Gasteiger partial charge in [-0.05, 0) is 42.4 Å². The van der Waals surface area contributed by atoms with Crippen molar-refractivity contribution in [1.29, 1.82) is 0 Å². The highest BCUT2D eigenvalue weighted by Gasteiger charge is 2.12. The van der Waals surface area contributed by atoms with Gasteiger partial charge in [-0.3, -0.25) is 0 Å². The van der Waals surface area contributed by atoms with Crippen LogP contribution in [-0.4, -0.2) is 13.2 Å². The van der Waals surface area contributed by atoms with Crippen molar-refractivity contribution >= 4 is 0 Å². The molecule has 0 aliphatic carbocycles. The lowest BCUT2D eigenvalue weighted by atomic mass is 9.97. The highest BCUT2D eigenvalue weighted by Crippen LogP contribution is 2.32. The van der Waals surface area contributed by atoms with Crippen LogP contribution in [0, 0.1) is 23.7 Å². The zero-order valence-electron chi connectivity index (χ0n) is 14.9. The van der Waals surface area contributed by atoms with Crippen molar-refractivity contribution in [2.24, 2.45) is 11.8 Å². The van der Waals surface area contributed by atoms with Gasteiger partial charge in [-0.15, -0.1) is 11.8 Å². The number of benzene rings is 1. The van der Waals surface area contributed by atoms with Gasteiger partial charge in [0, 0.05) is 6.42 Å². The average molecular weight is 302 g/mol. The van der Waals surface area contributed by atoms with Crippen LogP contribution in [0.3, 0.4) is 0 Å². The molecule has 1 atom stereocenters. The van der Waals surface area contributed by atoms with Gasteiger partial charge >= 0.3 is 0 Å². The third-order valence-electron chi connectivity index (χ3n) is 3.27. The second kappa shape index (κ2) is 9.41. The first-order valence-electron chi connectivity index (χ1n) is 8.23. The molecule has 0 heterocycles. The highest BCUT2D eigenvalue weighted by atomic mass is 16.5. The van der Waals surface area contributed by atoms with Gasteiger partial charge in [0.25, 0.3) is 0 Å². The summed E-state index contributed by atoms with van der Waals surface area (Å²) in [7, 11) is 0. The van der Waals surface area contributed by atoms with Gasteiger partial charge in [-0.1, -0.05) is 40.7 Å². The molecule has 0 aromatic heterocycles. The molecule has 0 aliphatic rings. The van der Waals surface area contributed by atoms with E-state index < -0.39 is 0 Å². The van der Waals surface area contributed by atoms with Crippen LogP contribution in [0.1, 0.15) is 59.4 Å². The first-order valence-corrected chi connectivity index (χ1v) is 8.23. The SMILES string of the molecule is CC#CCC(C)c1ccc(OCC(C)C)c(OCC(C)C)c1. The Balaban J connectivity index is 2.93. The van der Waals surface area contributed by atoms with Gasteiger partial charge in [0.15, 0.2) is 11.5 Å².